The Morgan fingerprint density at radius 3 is 2.10 bits per heavy atom. The fraction of sp³-hybridized carbons (Fsp3) is 0.174. The summed E-state index contributed by atoms with van der Waals surface area (Å²) in [5, 5.41) is 0.630. The Kier molecular flexibility index (Phi) is 5.44. The minimum Gasteiger partial charge on any atom is -0.497 e. The second kappa shape index (κ2) is 8.35. The number of nitrogens with zero attached hydrogens (tertiary/aromatic N) is 3. The molecule has 0 radical (unpaired) electrons. The zero-order valence-corrected chi connectivity index (χ0v) is 17.7. The van der Waals surface area contributed by atoms with Gasteiger partial charge in [-0.3, -0.25) is 0 Å². The fourth-order valence-corrected chi connectivity index (χ4v) is 3.47. The van der Waals surface area contributed by atoms with Crippen LogP contribution in [0.25, 0.3) is 33.4 Å². The molecule has 0 saturated carbocycles. The SMILES string of the molecule is COc1ccc(-c2cc(-c3cc(OC)ccc3OC)c3c(N)ncnc3n2)c(OC)c1. The molecular formula is C23H22N4O4. The largest absolute Gasteiger partial charge is 0.497 e. The quantitative estimate of drug-likeness (QED) is 0.502. The lowest BCUT2D eigenvalue weighted by atomic mass is 9.98. The summed E-state index contributed by atoms with van der Waals surface area (Å²) < 4.78 is 21.9. The van der Waals surface area contributed by atoms with E-state index in [2.05, 4.69) is 9.97 Å². The maximum absolute atomic E-state index is 6.23. The van der Waals surface area contributed by atoms with Crippen molar-refractivity contribution in [3.8, 4) is 45.4 Å². The third-order valence-corrected chi connectivity index (χ3v) is 5.01. The van der Waals surface area contributed by atoms with E-state index in [1.54, 1.807) is 34.5 Å². The highest BCUT2D eigenvalue weighted by Crippen LogP contribution is 2.41. The van der Waals surface area contributed by atoms with Gasteiger partial charge in [-0.2, -0.15) is 0 Å². The van der Waals surface area contributed by atoms with E-state index < -0.39 is 0 Å². The predicted octanol–water partition coefficient (Wildman–Crippen LogP) is 3.98. The molecule has 0 unspecified atom stereocenters. The first-order valence-electron chi connectivity index (χ1n) is 9.45. The first-order valence-corrected chi connectivity index (χ1v) is 9.45. The lowest BCUT2D eigenvalue weighted by molar-refractivity contribution is 0.395. The van der Waals surface area contributed by atoms with Gasteiger partial charge < -0.3 is 24.7 Å². The van der Waals surface area contributed by atoms with Gasteiger partial charge in [0.25, 0.3) is 0 Å². The summed E-state index contributed by atoms with van der Waals surface area (Å²) in [5.41, 5.74) is 9.69. The number of hydrogen-bond donors (Lipinski definition) is 1. The molecule has 4 rings (SSSR count). The molecule has 2 N–H and O–H groups in total. The van der Waals surface area contributed by atoms with Crippen molar-refractivity contribution < 1.29 is 18.9 Å². The normalized spacial score (nSPS) is 10.7. The van der Waals surface area contributed by atoms with Crippen molar-refractivity contribution in [3.05, 3.63) is 48.8 Å². The van der Waals surface area contributed by atoms with Gasteiger partial charge in [0.05, 0.1) is 39.5 Å². The molecule has 0 saturated heterocycles. The summed E-state index contributed by atoms with van der Waals surface area (Å²) in [6.07, 6.45) is 1.40. The van der Waals surface area contributed by atoms with Crippen LogP contribution in [0.5, 0.6) is 23.0 Å². The Hall–Kier alpha value is -4.07. The number of nitrogen functional groups attached to an aromatic ring is 1. The van der Waals surface area contributed by atoms with Crippen LogP contribution in [-0.4, -0.2) is 43.4 Å². The number of fused-ring (bicyclic) bond motifs is 1. The van der Waals surface area contributed by atoms with E-state index in [1.165, 1.54) is 6.33 Å². The van der Waals surface area contributed by atoms with Crippen LogP contribution in [0.3, 0.4) is 0 Å². The molecule has 0 atom stereocenters. The van der Waals surface area contributed by atoms with Gasteiger partial charge in [0.15, 0.2) is 5.65 Å². The van der Waals surface area contributed by atoms with Crippen LogP contribution in [0.4, 0.5) is 5.82 Å². The third kappa shape index (κ3) is 3.63. The van der Waals surface area contributed by atoms with Crippen LogP contribution in [-0.2, 0) is 0 Å². The van der Waals surface area contributed by atoms with Gasteiger partial charge in [-0.15, -0.1) is 0 Å². The first kappa shape index (κ1) is 20.2. The molecular weight excluding hydrogens is 396 g/mol. The number of anilines is 1. The molecule has 0 bridgehead atoms. The summed E-state index contributed by atoms with van der Waals surface area (Å²) in [6, 6.07) is 13.0. The maximum Gasteiger partial charge on any atom is 0.165 e. The molecule has 4 aromatic rings. The molecule has 2 heterocycles. The monoisotopic (exact) mass is 418 g/mol. The van der Waals surface area contributed by atoms with Gasteiger partial charge >= 0.3 is 0 Å². The number of rotatable bonds is 6. The molecule has 8 heteroatoms. The van der Waals surface area contributed by atoms with E-state index >= 15 is 0 Å². The molecule has 0 aliphatic carbocycles. The lowest BCUT2D eigenvalue weighted by Gasteiger charge is -2.16. The number of pyridine rings is 1. The number of nitrogens with two attached hydrogens (primary N) is 1. The molecule has 158 valence electrons. The van der Waals surface area contributed by atoms with E-state index in [-0.39, 0.29) is 0 Å². The average molecular weight is 418 g/mol. The first-order chi connectivity index (χ1) is 15.1. The van der Waals surface area contributed by atoms with Crippen molar-refractivity contribution in [2.75, 3.05) is 34.2 Å². The van der Waals surface area contributed by atoms with Crippen LogP contribution in [0.1, 0.15) is 0 Å². The van der Waals surface area contributed by atoms with Crippen LogP contribution in [0.15, 0.2) is 48.8 Å². The molecule has 0 aliphatic heterocycles. The molecule has 0 amide bonds. The van der Waals surface area contributed by atoms with Crippen LogP contribution >= 0.6 is 0 Å². The van der Waals surface area contributed by atoms with E-state index in [0.29, 0.717) is 45.5 Å². The Balaban J connectivity index is 2.05. The number of benzene rings is 2. The summed E-state index contributed by atoms with van der Waals surface area (Å²) in [5.74, 6) is 2.97. The summed E-state index contributed by atoms with van der Waals surface area (Å²) in [7, 11) is 6.43. The molecule has 2 aromatic carbocycles. The minimum atomic E-state index is 0.325. The van der Waals surface area contributed by atoms with E-state index in [9.17, 15) is 0 Å². The van der Waals surface area contributed by atoms with Gasteiger partial charge in [0, 0.05) is 22.8 Å². The summed E-state index contributed by atoms with van der Waals surface area (Å²) in [6.45, 7) is 0. The molecule has 31 heavy (non-hydrogen) atoms. The molecule has 0 aliphatic rings. The number of aromatic nitrogens is 3. The Labute approximate surface area is 179 Å². The number of ether oxygens (including phenoxy) is 4. The number of methoxy groups -OCH3 is 4. The van der Waals surface area contributed by atoms with Crippen molar-refractivity contribution in [1.82, 2.24) is 15.0 Å². The van der Waals surface area contributed by atoms with Crippen LogP contribution in [0, 0.1) is 0 Å². The average Bonchev–Trinajstić information content (AvgIpc) is 2.82. The smallest absolute Gasteiger partial charge is 0.165 e. The fourth-order valence-electron chi connectivity index (χ4n) is 3.47. The van der Waals surface area contributed by atoms with Crippen LogP contribution < -0.4 is 24.7 Å². The zero-order valence-electron chi connectivity index (χ0n) is 17.7. The van der Waals surface area contributed by atoms with Gasteiger partial charge in [-0.25, -0.2) is 15.0 Å². The van der Waals surface area contributed by atoms with Crippen molar-refractivity contribution in [2.45, 2.75) is 0 Å². The van der Waals surface area contributed by atoms with Gasteiger partial charge in [0.1, 0.15) is 35.1 Å². The van der Waals surface area contributed by atoms with Crippen molar-refractivity contribution in [3.63, 3.8) is 0 Å². The minimum absolute atomic E-state index is 0.325. The van der Waals surface area contributed by atoms with Crippen LogP contribution in [0.2, 0.25) is 0 Å². The second-order valence-corrected chi connectivity index (χ2v) is 6.65. The highest BCUT2D eigenvalue weighted by atomic mass is 16.5. The Morgan fingerprint density at radius 2 is 1.39 bits per heavy atom. The third-order valence-electron chi connectivity index (χ3n) is 5.01. The Bertz CT molecular complexity index is 1260. The topological polar surface area (TPSA) is 102 Å². The second-order valence-electron chi connectivity index (χ2n) is 6.65. The maximum atomic E-state index is 6.23. The van der Waals surface area contributed by atoms with Gasteiger partial charge in [-0.05, 0) is 36.4 Å². The molecule has 0 spiro atoms. The standard InChI is InChI=1S/C23H22N4O4/c1-28-13-6-8-19(30-3)16(9-13)17-11-18(27-23-21(17)22(24)25-12-26-23)15-7-5-14(29-2)10-20(15)31-4/h5-12H,1-4H3,(H2,24,25,26,27). The Morgan fingerprint density at radius 1 is 0.677 bits per heavy atom. The molecule has 0 fully saturated rings. The van der Waals surface area contributed by atoms with E-state index in [0.717, 1.165) is 16.7 Å². The number of hydrogen-bond acceptors (Lipinski definition) is 8. The van der Waals surface area contributed by atoms with Crippen molar-refractivity contribution >= 4 is 16.9 Å². The van der Waals surface area contributed by atoms with Gasteiger partial charge in [-0.1, -0.05) is 0 Å². The van der Waals surface area contributed by atoms with E-state index in [4.69, 9.17) is 29.7 Å². The van der Waals surface area contributed by atoms with Crippen molar-refractivity contribution in [2.24, 2.45) is 0 Å². The van der Waals surface area contributed by atoms with Crippen molar-refractivity contribution in [1.29, 1.82) is 0 Å². The summed E-state index contributed by atoms with van der Waals surface area (Å²) in [4.78, 5) is 13.3. The zero-order chi connectivity index (χ0) is 22.0. The molecule has 2 aromatic heterocycles. The molecule has 8 nitrogen and oxygen atoms in total. The summed E-state index contributed by atoms with van der Waals surface area (Å²) >= 11 is 0. The van der Waals surface area contributed by atoms with E-state index in [1.807, 2.05) is 36.4 Å². The highest BCUT2D eigenvalue weighted by Gasteiger charge is 2.19. The van der Waals surface area contributed by atoms with Gasteiger partial charge in [0.2, 0.25) is 0 Å². The highest BCUT2D eigenvalue weighted by molar-refractivity contribution is 6.02. The predicted molar refractivity (Wildman–Crippen MR) is 119 cm³/mol. The lowest BCUT2D eigenvalue weighted by Crippen LogP contribution is -2.00.